The number of halogens is 1. The average molecular weight is 370 g/mol. The lowest BCUT2D eigenvalue weighted by Gasteiger charge is -2.35. The fourth-order valence-corrected chi connectivity index (χ4v) is 3.27. The van der Waals surface area contributed by atoms with Crippen LogP contribution in [0.1, 0.15) is 22.4 Å². The number of benzene rings is 1. The first-order valence-electron chi connectivity index (χ1n) is 8.50. The van der Waals surface area contributed by atoms with Crippen LogP contribution in [-0.4, -0.2) is 47.2 Å². The maximum Gasteiger partial charge on any atom is 0.227 e. The molecule has 3 rings (SSSR count). The van der Waals surface area contributed by atoms with Crippen molar-refractivity contribution in [3.8, 4) is 6.07 Å². The lowest BCUT2D eigenvalue weighted by atomic mass is 10.1. The van der Waals surface area contributed by atoms with Crippen molar-refractivity contribution in [1.29, 1.82) is 5.26 Å². The van der Waals surface area contributed by atoms with Gasteiger partial charge < -0.3 is 9.80 Å². The van der Waals surface area contributed by atoms with Gasteiger partial charge in [-0.05, 0) is 37.1 Å². The first kappa shape index (κ1) is 18.2. The highest BCUT2D eigenvalue weighted by Gasteiger charge is 2.25. The number of aromatic nitrogens is 2. The number of hydrogen-bond donors (Lipinski definition) is 0. The van der Waals surface area contributed by atoms with E-state index in [0.717, 1.165) is 16.8 Å². The molecule has 2 aromatic rings. The van der Waals surface area contributed by atoms with E-state index < -0.39 is 0 Å². The number of nitrogens with zero attached hydrogens (tertiary/aromatic N) is 5. The number of carbonyl (C=O) groups excluding carboxylic acids is 1. The number of piperazine rings is 1. The summed E-state index contributed by atoms with van der Waals surface area (Å²) in [6, 6.07) is 9.61. The second-order valence-corrected chi connectivity index (χ2v) is 6.83. The van der Waals surface area contributed by atoms with Gasteiger partial charge in [-0.1, -0.05) is 23.7 Å². The van der Waals surface area contributed by atoms with E-state index in [0.29, 0.717) is 49.0 Å². The summed E-state index contributed by atoms with van der Waals surface area (Å²) in [5.41, 5.74) is 3.10. The van der Waals surface area contributed by atoms with Gasteiger partial charge in [-0.3, -0.25) is 4.79 Å². The molecule has 0 radical (unpaired) electrons. The number of hydrogen-bond acceptors (Lipinski definition) is 5. The van der Waals surface area contributed by atoms with Crippen LogP contribution in [-0.2, 0) is 11.2 Å². The van der Waals surface area contributed by atoms with Crippen LogP contribution in [0.5, 0.6) is 0 Å². The van der Waals surface area contributed by atoms with Crippen LogP contribution in [0.3, 0.4) is 0 Å². The smallest absolute Gasteiger partial charge is 0.227 e. The summed E-state index contributed by atoms with van der Waals surface area (Å²) in [4.78, 5) is 16.4. The molecule has 1 aromatic heterocycles. The van der Waals surface area contributed by atoms with Gasteiger partial charge in [0.05, 0.1) is 12.1 Å². The third kappa shape index (κ3) is 3.78. The fourth-order valence-electron chi connectivity index (χ4n) is 3.05. The summed E-state index contributed by atoms with van der Waals surface area (Å²) in [6.07, 6.45) is 0.341. The molecule has 0 saturated carbocycles. The van der Waals surface area contributed by atoms with Crippen LogP contribution >= 0.6 is 11.6 Å². The zero-order valence-corrected chi connectivity index (χ0v) is 15.6. The van der Waals surface area contributed by atoms with E-state index >= 15 is 0 Å². The highest BCUT2D eigenvalue weighted by Crippen LogP contribution is 2.22. The van der Waals surface area contributed by atoms with Crippen molar-refractivity contribution in [2.24, 2.45) is 0 Å². The van der Waals surface area contributed by atoms with E-state index in [1.54, 1.807) is 6.07 Å². The number of rotatable bonds is 3. The fraction of sp³-hybridized carbons (Fsp3) is 0.368. The molecule has 1 aromatic carbocycles. The van der Waals surface area contributed by atoms with Crippen LogP contribution in [0.4, 0.5) is 5.82 Å². The van der Waals surface area contributed by atoms with Crippen LogP contribution in [0, 0.1) is 25.2 Å². The molecule has 6 nitrogen and oxygen atoms in total. The molecule has 2 heterocycles. The van der Waals surface area contributed by atoms with Gasteiger partial charge in [0.1, 0.15) is 11.6 Å². The molecule has 1 saturated heterocycles. The maximum absolute atomic E-state index is 12.5. The number of amides is 1. The van der Waals surface area contributed by atoms with Gasteiger partial charge in [0.15, 0.2) is 5.82 Å². The summed E-state index contributed by atoms with van der Waals surface area (Å²) in [5, 5.41) is 18.5. The lowest BCUT2D eigenvalue weighted by Crippen LogP contribution is -2.49. The van der Waals surface area contributed by atoms with Gasteiger partial charge >= 0.3 is 0 Å². The predicted octanol–water partition coefficient (Wildman–Crippen LogP) is 2.51. The minimum Gasteiger partial charge on any atom is -0.350 e. The van der Waals surface area contributed by atoms with Crippen LogP contribution < -0.4 is 4.90 Å². The van der Waals surface area contributed by atoms with Gasteiger partial charge in [0.2, 0.25) is 5.91 Å². The zero-order valence-electron chi connectivity index (χ0n) is 14.9. The second kappa shape index (κ2) is 7.71. The molecule has 26 heavy (non-hydrogen) atoms. The predicted molar refractivity (Wildman–Crippen MR) is 100 cm³/mol. The Morgan fingerprint density at radius 1 is 1.23 bits per heavy atom. The SMILES string of the molecule is Cc1nnc(N2CCN(C(=O)Cc3cccc(Cl)c3)CC2)c(C#N)c1C. The van der Waals surface area contributed by atoms with Gasteiger partial charge in [-0.15, -0.1) is 5.10 Å². The Morgan fingerprint density at radius 2 is 1.96 bits per heavy atom. The minimum atomic E-state index is 0.0820. The van der Waals surface area contributed by atoms with Gasteiger partial charge in [-0.25, -0.2) is 0 Å². The molecule has 1 fully saturated rings. The van der Waals surface area contributed by atoms with E-state index in [2.05, 4.69) is 16.3 Å². The summed E-state index contributed by atoms with van der Waals surface area (Å²) in [7, 11) is 0. The van der Waals surface area contributed by atoms with Gasteiger partial charge in [-0.2, -0.15) is 10.4 Å². The van der Waals surface area contributed by atoms with Gasteiger partial charge in [0, 0.05) is 31.2 Å². The first-order chi connectivity index (χ1) is 12.5. The van der Waals surface area contributed by atoms with Crippen molar-refractivity contribution in [2.75, 3.05) is 31.1 Å². The molecule has 0 atom stereocenters. The molecular weight excluding hydrogens is 350 g/mol. The van der Waals surface area contributed by atoms with Crippen molar-refractivity contribution < 1.29 is 4.79 Å². The van der Waals surface area contributed by atoms with E-state index in [9.17, 15) is 10.1 Å². The molecule has 0 aliphatic carbocycles. The van der Waals surface area contributed by atoms with Crippen molar-refractivity contribution in [2.45, 2.75) is 20.3 Å². The third-order valence-corrected chi connectivity index (χ3v) is 4.96. The molecule has 1 amide bonds. The van der Waals surface area contributed by atoms with Crippen molar-refractivity contribution in [1.82, 2.24) is 15.1 Å². The number of anilines is 1. The summed E-state index contributed by atoms with van der Waals surface area (Å²) in [6.45, 7) is 6.19. The molecule has 7 heteroatoms. The molecule has 0 N–H and O–H groups in total. The maximum atomic E-state index is 12.5. The zero-order chi connectivity index (χ0) is 18.7. The molecule has 0 unspecified atom stereocenters. The Kier molecular flexibility index (Phi) is 5.38. The molecule has 0 bridgehead atoms. The van der Waals surface area contributed by atoms with E-state index in [-0.39, 0.29) is 5.91 Å². The van der Waals surface area contributed by atoms with E-state index in [4.69, 9.17) is 11.6 Å². The third-order valence-electron chi connectivity index (χ3n) is 4.72. The monoisotopic (exact) mass is 369 g/mol. The largest absolute Gasteiger partial charge is 0.350 e. The molecule has 134 valence electrons. The van der Waals surface area contributed by atoms with Crippen molar-refractivity contribution in [3.63, 3.8) is 0 Å². The van der Waals surface area contributed by atoms with Gasteiger partial charge in [0.25, 0.3) is 0 Å². The first-order valence-corrected chi connectivity index (χ1v) is 8.88. The van der Waals surface area contributed by atoms with Crippen LogP contribution in [0.25, 0.3) is 0 Å². The topological polar surface area (TPSA) is 73.1 Å². The summed E-state index contributed by atoms with van der Waals surface area (Å²) >= 11 is 5.98. The Labute approximate surface area is 158 Å². The van der Waals surface area contributed by atoms with E-state index in [1.165, 1.54) is 0 Å². The molecule has 1 aliphatic rings. The summed E-state index contributed by atoms with van der Waals surface area (Å²) in [5.74, 6) is 0.691. The van der Waals surface area contributed by atoms with Crippen LogP contribution in [0.15, 0.2) is 24.3 Å². The van der Waals surface area contributed by atoms with Crippen LogP contribution in [0.2, 0.25) is 5.02 Å². The highest BCUT2D eigenvalue weighted by atomic mass is 35.5. The Balaban J connectivity index is 1.65. The number of aryl methyl sites for hydroxylation is 1. The highest BCUT2D eigenvalue weighted by molar-refractivity contribution is 6.30. The Bertz CT molecular complexity index is 869. The minimum absolute atomic E-state index is 0.0820. The average Bonchev–Trinajstić information content (AvgIpc) is 2.64. The van der Waals surface area contributed by atoms with Crippen molar-refractivity contribution in [3.05, 3.63) is 51.7 Å². The van der Waals surface area contributed by atoms with E-state index in [1.807, 2.05) is 41.8 Å². The standard InChI is InChI=1S/C19H20ClN5O/c1-13-14(2)22-23-19(17(13)12-21)25-8-6-24(7-9-25)18(26)11-15-4-3-5-16(20)10-15/h3-5,10H,6-9,11H2,1-2H3. The Morgan fingerprint density at radius 3 is 2.62 bits per heavy atom. The second-order valence-electron chi connectivity index (χ2n) is 6.40. The molecule has 0 spiro atoms. The lowest BCUT2D eigenvalue weighted by molar-refractivity contribution is -0.130. The number of carbonyl (C=O) groups is 1. The Hall–Kier alpha value is -2.65. The molecular formula is C19H20ClN5O. The normalized spacial score (nSPS) is 14.2. The van der Waals surface area contributed by atoms with Crippen molar-refractivity contribution >= 4 is 23.3 Å². The molecule has 1 aliphatic heterocycles. The quantitative estimate of drug-likeness (QED) is 0.831. The summed E-state index contributed by atoms with van der Waals surface area (Å²) < 4.78 is 0. The number of nitriles is 1.